The van der Waals surface area contributed by atoms with E-state index in [0.29, 0.717) is 11.3 Å². The molecule has 35 heavy (non-hydrogen) atoms. The summed E-state index contributed by atoms with van der Waals surface area (Å²) in [6.45, 7) is 1.26. The van der Waals surface area contributed by atoms with Crippen molar-refractivity contribution in [2.24, 2.45) is 5.73 Å². The van der Waals surface area contributed by atoms with E-state index in [1.54, 1.807) is 36.6 Å². The van der Waals surface area contributed by atoms with Crippen molar-refractivity contribution in [2.45, 2.75) is 56.5 Å². The van der Waals surface area contributed by atoms with E-state index in [1.807, 2.05) is 0 Å². The van der Waals surface area contributed by atoms with Gasteiger partial charge in [0.15, 0.2) is 0 Å². The number of aliphatic carboxylic acids is 2. The summed E-state index contributed by atoms with van der Waals surface area (Å²) < 4.78 is 0. The number of nitrogens with one attached hydrogen (secondary N) is 3. The van der Waals surface area contributed by atoms with Crippen LogP contribution < -0.4 is 21.7 Å². The van der Waals surface area contributed by atoms with Crippen LogP contribution in [0.2, 0.25) is 0 Å². The van der Waals surface area contributed by atoms with Crippen LogP contribution in [0, 0.1) is 0 Å². The van der Waals surface area contributed by atoms with Crippen LogP contribution in [0.3, 0.4) is 0 Å². The molecule has 12 nitrogen and oxygen atoms in total. The lowest BCUT2D eigenvalue weighted by Crippen LogP contribution is -2.58. The molecule has 3 amide bonds. The molecule has 0 bridgehead atoms. The molecule has 0 aliphatic carbocycles. The minimum absolute atomic E-state index is 0.0139. The Morgan fingerprint density at radius 1 is 0.914 bits per heavy atom. The van der Waals surface area contributed by atoms with E-state index in [-0.39, 0.29) is 12.8 Å². The van der Waals surface area contributed by atoms with E-state index in [1.165, 1.54) is 18.7 Å². The number of hydrogen-bond donors (Lipinski definition) is 7. The summed E-state index contributed by atoms with van der Waals surface area (Å²) in [5, 5.41) is 35.1. The van der Waals surface area contributed by atoms with E-state index < -0.39 is 66.4 Å². The molecule has 0 aromatic heterocycles. The van der Waals surface area contributed by atoms with Crippen LogP contribution in [0.5, 0.6) is 0 Å². The molecule has 194 valence electrons. The molecular formula is C22H32N4O8S. The fourth-order valence-electron chi connectivity index (χ4n) is 2.97. The Morgan fingerprint density at radius 2 is 1.46 bits per heavy atom. The Hall–Kier alpha value is -3.16. The number of carbonyl (C=O) groups is 5. The number of carbonyl (C=O) groups excluding carboxylic acids is 3. The minimum atomic E-state index is -1.58. The quantitative estimate of drug-likeness (QED) is 0.148. The monoisotopic (exact) mass is 512 g/mol. The largest absolute Gasteiger partial charge is 0.481 e. The number of thioether (sulfide) groups is 1. The second-order valence-corrected chi connectivity index (χ2v) is 8.84. The number of rotatable bonds is 15. The van der Waals surface area contributed by atoms with Crippen molar-refractivity contribution in [3.8, 4) is 0 Å². The van der Waals surface area contributed by atoms with Gasteiger partial charge in [-0.2, -0.15) is 11.8 Å². The van der Waals surface area contributed by atoms with Crippen LogP contribution in [0.1, 0.15) is 25.3 Å². The van der Waals surface area contributed by atoms with E-state index in [4.69, 9.17) is 10.8 Å². The van der Waals surface area contributed by atoms with Crippen LogP contribution in [0.25, 0.3) is 0 Å². The molecule has 1 rings (SSSR count). The van der Waals surface area contributed by atoms with Gasteiger partial charge in [0, 0.05) is 6.42 Å². The molecule has 0 saturated carbocycles. The lowest BCUT2D eigenvalue weighted by atomic mass is 10.0. The van der Waals surface area contributed by atoms with Crippen LogP contribution >= 0.6 is 11.8 Å². The van der Waals surface area contributed by atoms with Gasteiger partial charge in [-0.1, -0.05) is 30.3 Å². The predicted octanol–water partition coefficient (Wildman–Crippen LogP) is -1.30. The zero-order valence-electron chi connectivity index (χ0n) is 19.5. The van der Waals surface area contributed by atoms with Crippen LogP contribution in [0.15, 0.2) is 30.3 Å². The van der Waals surface area contributed by atoms with Crippen LogP contribution in [-0.2, 0) is 30.4 Å². The number of carboxylic acids is 2. The van der Waals surface area contributed by atoms with Gasteiger partial charge in [-0.3, -0.25) is 19.2 Å². The van der Waals surface area contributed by atoms with Crippen molar-refractivity contribution in [2.75, 3.05) is 12.0 Å². The minimum Gasteiger partial charge on any atom is -0.481 e. The Bertz CT molecular complexity index is 883. The molecule has 0 spiro atoms. The molecule has 1 aromatic rings. The predicted molar refractivity (Wildman–Crippen MR) is 128 cm³/mol. The third-order valence-electron chi connectivity index (χ3n) is 4.98. The molecule has 0 heterocycles. The fourth-order valence-corrected chi connectivity index (χ4v) is 3.44. The topological polar surface area (TPSA) is 208 Å². The summed E-state index contributed by atoms with van der Waals surface area (Å²) in [6.07, 6.45) is -0.137. The van der Waals surface area contributed by atoms with Gasteiger partial charge in [0.25, 0.3) is 0 Å². The van der Waals surface area contributed by atoms with Gasteiger partial charge in [0.1, 0.15) is 24.2 Å². The lowest BCUT2D eigenvalue weighted by Gasteiger charge is -2.25. The second kappa shape index (κ2) is 15.0. The van der Waals surface area contributed by atoms with E-state index in [9.17, 15) is 34.2 Å². The highest BCUT2D eigenvalue weighted by Gasteiger charge is 2.32. The van der Waals surface area contributed by atoms with Crippen molar-refractivity contribution < 1.29 is 39.3 Å². The molecule has 0 fully saturated rings. The Balaban J connectivity index is 2.99. The van der Waals surface area contributed by atoms with Gasteiger partial charge >= 0.3 is 11.9 Å². The standard InChI is InChI=1S/C22H32N4O8S/c1-12(27)18(23)21(32)25-15(11-17(28)29)20(31)24-14(8-9-35-2)19(30)26-16(22(33)34)10-13-6-4-3-5-7-13/h3-7,12,14-16,18,27H,8-11,23H2,1-2H3,(H,24,31)(H,25,32)(H,26,30)(H,28,29)(H,33,34). The van der Waals surface area contributed by atoms with Gasteiger partial charge in [0.05, 0.1) is 12.5 Å². The van der Waals surface area contributed by atoms with Crippen molar-refractivity contribution in [3.05, 3.63) is 35.9 Å². The average molecular weight is 513 g/mol. The van der Waals surface area contributed by atoms with Crippen LogP contribution in [-0.4, -0.2) is 87.3 Å². The highest BCUT2D eigenvalue weighted by molar-refractivity contribution is 7.98. The molecule has 8 N–H and O–H groups in total. The number of aliphatic hydroxyl groups excluding tert-OH is 1. The van der Waals surface area contributed by atoms with Gasteiger partial charge in [-0.05, 0) is 30.9 Å². The summed E-state index contributed by atoms with van der Waals surface area (Å²) in [6, 6.07) is 3.24. The SMILES string of the molecule is CSCCC(NC(=O)C(CC(=O)O)NC(=O)C(N)C(C)O)C(=O)NC(Cc1ccccc1)C(=O)O. The van der Waals surface area contributed by atoms with E-state index >= 15 is 0 Å². The summed E-state index contributed by atoms with van der Waals surface area (Å²) >= 11 is 1.38. The maximum Gasteiger partial charge on any atom is 0.326 e. The van der Waals surface area contributed by atoms with Gasteiger partial charge in [0.2, 0.25) is 17.7 Å². The van der Waals surface area contributed by atoms with Crippen molar-refractivity contribution in [1.82, 2.24) is 16.0 Å². The van der Waals surface area contributed by atoms with Crippen molar-refractivity contribution in [3.63, 3.8) is 0 Å². The molecule has 13 heteroatoms. The second-order valence-electron chi connectivity index (χ2n) is 7.86. The number of nitrogens with two attached hydrogens (primary N) is 1. The first-order valence-electron chi connectivity index (χ1n) is 10.8. The molecule has 0 saturated heterocycles. The molecule has 5 unspecified atom stereocenters. The number of aliphatic hydroxyl groups is 1. The molecule has 5 atom stereocenters. The highest BCUT2D eigenvalue weighted by atomic mass is 32.2. The number of hydrogen-bond acceptors (Lipinski definition) is 8. The molecule has 1 aromatic carbocycles. The maximum absolute atomic E-state index is 12.9. The first-order valence-corrected chi connectivity index (χ1v) is 12.2. The lowest BCUT2D eigenvalue weighted by molar-refractivity contribution is -0.143. The summed E-state index contributed by atoms with van der Waals surface area (Å²) in [5.41, 5.74) is 6.22. The summed E-state index contributed by atoms with van der Waals surface area (Å²) in [7, 11) is 0. The molecule has 0 aliphatic heterocycles. The third kappa shape index (κ3) is 10.8. The maximum atomic E-state index is 12.9. The Labute approximate surface area is 207 Å². The van der Waals surface area contributed by atoms with Crippen LogP contribution in [0.4, 0.5) is 0 Å². The summed E-state index contributed by atoms with van der Waals surface area (Å²) in [4.78, 5) is 60.8. The molecule has 0 aliphatic rings. The Morgan fingerprint density at radius 3 is 1.97 bits per heavy atom. The van der Waals surface area contributed by atoms with Gasteiger partial charge < -0.3 is 37.0 Å². The fraction of sp³-hybridized carbons (Fsp3) is 0.500. The van der Waals surface area contributed by atoms with Gasteiger partial charge in [-0.25, -0.2) is 4.79 Å². The number of benzene rings is 1. The smallest absolute Gasteiger partial charge is 0.326 e. The first kappa shape index (κ1) is 29.9. The summed E-state index contributed by atoms with van der Waals surface area (Å²) in [5.74, 6) is -4.90. The van der Waals surface area contributed by atoms with Crippen molar-refractivity contribution >= 4 is 41.4 Å². The number of carboxylic acid groups (broad SMARTS) is 2. The number of amides is 3. The zero-order chi connectivity index (χ0) is 26.5. The molecular weight excluding hydrogens is 480 g/mol. The molecule has 0 radical (unpaired) electrons. The van der Waals surface area contributed by atoms with E-state index in [0.717, 1.165) is 0 Å². The Kier molecular flexibility index (Phi) is 12.8. The zero-order valence-corrected chi connectivity index (χ0v) is 20.3. The highest BCUT2D eigenvalue weighted by Crippen LogP contribution is 2.07. The van der Waals surface area contributed by atoms with Crippen molar-refractivity contribution in [1.29, 1.82) is 0 Å². The normalized spacial score (nSPS) is 15.1. The van der Waals surface area contributed by atoms with E-state index in [2.05, 4.69) is 16.0 Å². The van der Waals surface area contributed by atoms with Gasteiger partial charge in [-0.15, -0.1) is 0 Å². The average Bonchev–Trinajstić information content (AvgIpc) is 2.80. The first-order chi connectivity index (χ1) is 16.5. The third-order valence-corrected chi connectivity index (χ3v) is 5.62.